The van der Waals surface area contributed by atoms with E-state index in [1.807, 2.05) is 18.2 Å². The molecular weight excluding hydrogens is 461 g/mol. The molecule has 1 atom stereocenters. The number of carboxylic acids is 1. The van der Waals surface area contributed by atoms with Gasteiger partial charge in [-0.2, -0.15) is 13.2 Å². The van der Waals surface area contributed by atoms with Crippen LogP contribution in [0.5, 0.6) is 5.75 Å². The number of ether oxygens (including phenoxy) is 1. The number of nitrogens with zero attached hydrogens (tertiary/aromatic N) is 1. The van der Waals surface area contributed by atoms with Gasteiger partial charge in [-0.15, -0.1) is 0 Å². The molecule has 2 aliphatic carbocycles. The second kappa shape index (κ2) is 10.7. The van der Waals surface area contributed by atoms with E-state index in [-0.39, 0.29) is 24.8 Å². The van der Waals surface area contributed by atoms with E-state index in [0.29, 0.717) is 30.3 Å². The zero-order valence-electron chi connectivity index (χ0n) is 19.5. The molecular formula is C26H29F3N2O4. The van der Waals surface area contributed by atoms with Crippen molar-refractivity contribution in [3.8, 4) is 5.75 Å². The molecule has 1 fully saturated rings. The highest BCUT2D eigenvalue weighted by Gasteiger charge is 2.35. The number of aryl methyl sites for hydroxylation is 1. The molecule has 2 aliphatic rings. The largest absolute Gasteiger partial charge is 0.493 e. The molecule has 188 valence electrons. The second-order valence-electron chi connectivity index (χ2n) is 9.14. The monoisotopic (exact) mass is 490 g/mol. The fourth-order valence-electron chi connectivity index (χ4n) is 4.17. The van der Waals surface area contributed by atoms with Crippen LogP contribution < -0.4 is 10.1 Å². The first kappa shape index (κ1) is 25.0. The van der Waals surface area contributed by atoms with Gasteiger partial charge in [-0.3, -0.25) is 4.79 Å². The zero-order valence-corrected chi connectivity index (χ0v) is 19.5. The summed E-state index contributed by atoms with van der Waals surface area (Å²) in [6.45, 7) is 2.42. The van der Waals surface area contributed by atoms with E-state index in [9.17, 15) is 18.0 Å². The van der Waals surface area contributed by atoms with Gasteiger partial charge in [-0.05, 0) is 79.0 Å². The first-order chi connectivity index (χ1) is 16.7. The maximum absolute atomic E-state index is 13.5. The Labute approximate surface area is 202 Å². The molecule has 0 amide bonds. The van der Waals surface area contributed by atoms with Crippen LogP contribution in [0.15, 0.2) is 41.6 Å². The Morgan fingerprint density at radius 3 is 2.69 bits per heavy atom. The SMILES string of the molecule is C/C(=N\OCc1ccc(OCC2CC2)c(C(F)(F)F)c1)c1ccc2c(c1)CCC2NCCC(=O)O. The van der Waals surface area contributed by atoms with Gasteiger partial charge in [0, 0.05) is 12.6 Å². The van der Waals surface area contributed by atoms with E-state index < -0.39 is 17.7 Å². The highest BCUT2D eigenvalue weighted by molar-refractivity contribution is 5.98. The van der Waals surface area contributed by atoms with Crippen LogP contribution in [0.3, 0.4) is 0 Å². The maximum atomic E-state index is 13.5. The van der Waals surface area contributed by atoms with Crippen molar-refractivity contribution in [3.63, 3.8) is 0 Å². The van der Waals surface area contributed by atoms with Gasteiger partial charge in [0.1, 0.15) is 12.4 Å². The molecule has 1 unspecified atom stereocenters. The number of oxime groups is 1. The van der Waals surface area contributed by atoms with Crippen LogP contribution >= 0.6 is 0 Å². The molecule has 35 heavy (non-hydrogen) atoms. The van der Waals surface area contributed by atoms with Gasteiger partial charge in [0.15, 0.2) is 0 Å². The number of benzene rings is 2. The molecule has 0 spiro atoms. The summed E-state index contributed by atoms with van der Waals surface area (Å²) in [7, 11) is 0. The van der Waals surface area contributed by atoms with E-state index in [4.69, 9.17) is 14.7 Å². The van der Waals surface area contributed by atoms with Gasteiger partial charge in [-0.25, -0.2) is 0 Å². The van der Waals surface area contributed by atoms with Crippen LogP contribution in [0.1, 0.15) is 66.5 Å². The fraction of sp³-hybridized carbons (Fsp3) is 0.462. The van der Waals surface area contributed by atoms with Crippen LogP contribution in [-0.4, -0.2) is 29.9 Å². The first-order valence-electron chi connectivity index (χ1n) is 11.8. The Hall–Kier alpha value is -3.07. The van der Waals surface area contributed by atoms with Crippen LogP contribution in [-0.2, 0) is 28.8 Å². The highest BCUT2D eigenvalue weighted by Crippen LogP contribution is 2.38. The predicted molar refractivity (Wildman–Crippen MR) is 124 cm³/mol. The molecule has 0 aromatic heterocycles. The average Bonchev–Trinajstić information content (AvgIpc) is 3.56. The van der Waals surface area contributed by atoms with Crippen molar-refractivity contribution in [2.45, 2.75) is 57.9 Å². The zero-order chi connectivity index (χ0) is 25.0. The summed E-state index contributed by atoms with van der Waals surface area (Å²) in [6, 6.07) is 10.1. The van der Waals surface area contributed by atoms with E-state index in [1.165, 1.54) is 11.6 Å². The Kier molecular flexibility index (Phi) is 7.64. The average molecular weight is 491 g/mol. The number of nitrogens with one attached hydrogen (secondary N) is 1. The van der Waals surface area contributed by atoms with Gasteiger partial charge in [-0.1, -0.05) is 23.4 Å². The van der Waals surface area contributed by atoms with E-state index in [1.54, 1.807) is 13.0 Å². The first-order valence-corrected chi connectivity index (χ1v) is 11.8. The van der Waals surface area contributed by atoms with Crippen LogP contribution in [0.4, 0.5) is 13.2 Å². The third-order valence-electron chi connectivity index (χ3n) is 6.32. The van der Waals surface area contributed by atoms with Crippen molar-refractivity contribution in [1.29, 1.82) is 0 Å². The number of halogens is 3. The molecule has 2 aromatic rings. The Bertz CT molecular complexity index is 1100. The molecule has 1 saturated carbocycles. The second-order valence-corrected chi connectivity index (χ2v) is 9.14. The van der Waals surface area contributed by atoms with E-state index in [2.05, 4.69) is 10.5 Å². The number of hydrogen-bond donors (Lipinski definition) is 2. The highest BCUT2D eigenvalue weighted by atomic mass is 19.4. The minimum absolute atomic E-state index is 0.0771. The van der Waals surface area contributed by atoms with E-state index >= 15 is 0 Å². The molecule has 2 aromatic carbocycles. The van der Waals surface area contributed by atoms with Crippen molar-refractivity contribution in [2.75, 3.05) is 13.2 Å². The van der Waals surface area contributed by atoms with Gasteiger partial charge >= 0.3 is 12.1 Å². The number of hydrogen-bond acceptors (Lipinski definition) is 5. The smallest absolute Gasteiger partial charge is 0.419 e. The number of carbonyl (C=O) groups is 1. The van der Waals surface area contributed by atoms with Gasteiger partial charge in [0.2, 0.25) is 0 Å². The lowest BCUT2D eigenvalue weighted by Gasteiger charge is -2.15. The number of fused-ring (bicyclic) bond motifs is 1. The Morgan fingerprint density at radius 1 is 1.17 bits per heavy atom. The molecule has 0 saturated heterocycles. The Morgan fingerprint density at radius 2 is 1.97 bits per heavy atom. The van der Waals surface area contributed by atoms with E-state index in [0.717, 1.165) is 42.9 Å². The topological polar surface area (TPSA) is 80.2 Å². The van der Waals surface area contributed by atoms with Crippen molar-refractivity contribution in [2.24, 2.45) is 11.1 Å². The lowest BCUT2D eigenvalue weighted by atomic mass is 10.0. The molecule has 0 aliphatic heterocycles. The molecule has 0 bridgehead atoms. The van der Waals surface area contributed by atoms with Crippen molar-refractivity contribution >= 4 is 11.7 Å². The lowest BCUT2D eigenvalue weighted by molar-refractivity contribution is -0.139. The summed E-state index contributed by atoms with van der Waals surface area (Å²) in [4.78, 5) is 16.1. The predicted octanol–water partition coefficient (Wildman–Crippen LogP) is 5.49. The normalized spacial score (nSPS) is 17.8. The van der Waals surface area contributed by atoms with Crippen LogP contribution in [0.25, 0.3) is 0 Å². The minimum atomic E-state index is -4.52. The fourth-order valence-corrected chi connectivity index (χ4v) is 4.17. The van der Waals surface area contributed by atoms with Gasteiger partial charge in [0.25, 0.3) is 0 Å². The van der Waals surface area contributed by atoms with Gasteiger partial charge in [0.05, 0.1) is 24.3 Å². The summed E-state index contributed by atoms with van der Waals surface area (Å²) in [5.41, 5.74) is 3.37. The summed E-state index contributed by atoms with van der Waals surface area (Å²) in [6.07, 6.45) is -0.671. The Balaban J connectivity index is 1.36. The standard InChI is InChI=1S/C26H29F3N2O4/c1-16(19-5-7-21-20(13-19)6-8-23(21)30-11-10-25(32)33)31-35-15-18-4-9-24(34-14-17-2-3-17)22(12-18)26(27,28)29/h4-5,7,9,12-13,17,23,30H,2-3,6,8,10-11,14-15H2,1H3,(H,32,33)/b31-16+. The third kappa shape index (κ3) is 6.75. The lowest BCUT2D eigenvalue weighted by Crippen LogP contribution is -2.22. The maximum Gasteiger partial charge on any atom is 0.419 e. The summed E-state index contributed by atoms with van der Waals surface area (Å²) >= 11 is 0. The third-order valence-corrected chi connectivity index (χ3v) is 6.32. The summed E-state index contributed by atoms with van der Waals surface area (Å²) in [5.74, 6) is -0.623. The molecule has 6 nitrogen and oxygen atoms in total. The molecule has 9 heteroatoms. The quantitative estimate of drug-likeness (QED) is 0.322. The molecule has 4 rings (SSSR count). The minimum Gasteiger partial charge on any atom is -0.493 e. The molecule has 0 radical (unpaired) electrons. The van der Waals surface area contributed by atoms with Crippen molar-refractivity contribution in [3.05, 3.63) is 64.2 Å². The van der Waals surface area contributed by atoms with Crippen LogP contribution in [0, 0.1) is 5.92 Å². The summed E-state index contributed by atoms with van der Waals surface area (Å²) < 4.78 is 45.9. The molecule has 0 heterocycles. The number of carboxylic acid groups (broad SMARTS) is 1. The van der Waals surface area contributed by atoms with Crippen molar-refractivity contribution in [1.82, 2.24) is 5.32 Å². The van der Waals surface area contributed by atoms with Crippen LogP contribution in [0.2, 0.25) is 0 Å². The van der Waals surface area contributed by atoms with Gasteiger partial charge < -0.3 is 20.0 Å². The summed E-state index contributed by atoms with van der Waals surface area (Å²) in [5, 5.41) is 16.2. The number of rotatable bonds is 11. The van der Waals surface area contributed by atoms with Crippen molar-refractivity contribution < 1.29 is 32.6 Å². The molecule has 2 N–H and O–H groups in total. The number of aliphatic carboxylic acids is 1. The number of alkyl halides is 3.